The highest BCUT2D eigenvalue weighted by molar-refractivity contribution is 7.17. The standard InChI is InChI=1S/C17H19ClN2O3S/c1-4-8-19-15(21)11(3)23-17(22)14-10(2)20-16(24-14)12-6-5-7-13(18)9-12/h5-7,9,11H,4,8H2,1-3H3,(H,19,21)/t11-/m0/s1. The van der Waals surface area contributed by atoms with Crippen molar-refractivity contribution in [3.8, 4) is 10.6 Å². The van der Waals surface area contributed by atoms with E-state index in [0.717, 1.165) is 12.0 Å². The number of benzene rings is 1. The first kappa shape index (κ1) is 18.4. The van der Waals surface area contributed by atoms with E-state index < -0.39 is 12.1 Å². The fourth-order valence-electron chi connectivity index (χ4n) is 1.99. The first-order valence-corrected chi connectivity index (χ1v) is 8.84. The molecule has 0 saturated heterocycles. The fraction of sp³-hybridized carbons (Fsp3) is 0.353. The number of aromatic nitrogens is 1. The van der Waals surface area contributed by atoms with Gasteiger partial charge in [-0.1, -0.05) is 30.7 Å². The Bertz CT molecular complexity index is 745. The highest BCUT2D eigenvalue weighted by Gasteiger charge is 2.22. The van der Waals surface area contributed by atoms with Crippen molar-refractivity contribution in [3.63, 3.8) is 0 Å². The second-order valence-electron chi connectivity index (χ2n) is 5.28. The van der Waals surface area contributed by atoms with E-state index in [0.29, 0.717) is 27.1 Å². The molecule has 0 fully saturated rings. The Morgan fingerprint density at radius 3 is 2.83 bits per heavy atom. The van der Waals surface area contributed by atoms with Crippen LogP contribution in [0.4, 0.5) is 0 Å². The lowest BCUT2D eigenvalue weighted by molar-refractivity contribution is -0.129. The van der Waals surface area contributed by atoms with Crippen molar-refractivity contribution in [1.82, 2.24) is 10.3 Å². The number of hydrogen-bond donors (Lipinski definition) is 1. The molecule has 1 heterocycles. The molecule has 0 aliphatic heterocycles. The molecule has 2 aromatic rings. The third-order valence-corrected chi connectivity index (χ3v) is 4.68. The molecule has 5 nitrogen and oxygen atoms in total. The zero-order valence-corrected chi connectivity index (χ0v) is 15.3. The number of amides is 1. The molecular formula is C17H19ClN2O3S. The SMILES string of the molecule is CCCNC(=O)[C@H](C)OC(=O)c1sc(-c2cccc(Cl)c2)nc1C. The molecule has 1 aromatic heterocycles. The molecule has 1 atom stereocenters. The van der Waals surface area contributed by atoms with Gasteiger partial charge in [-0.15, -0.1) is 11.3 Å². The molecule has 1 amide bonds. The number of rotatable bonds is 6. The minimum absolute atomic E-state index is 0.303. The molecule has 0 unspecified atom stereocenters. The summed E-state index contributed by atoms with van der Waals surface area (Å²) in [5, 5.41) is 3.99. The molecule has 7 heteroatoms. The number of carbonyl (C=O) groups is 2. The second kappa shape index (κ2) is 8.26. The maximum atomic E-state index is 12.3. The van der Waals surface area contributed by atoms with Gasteiger partial charge < -0.3 is 10.1 Å². The van der Waals surface area contributed by atoms with Gasteiger partial charge >= 0.3 is 5.97 Å². The van der Waals surface area contributed by atoms with Crippen LogP contribution in [0.25, 0.3) is 10.6 Å². The van der Waals surface area contributed by atoms with Crippen LogP contribution in [0.3, 0.4) is 0 Å². The molecular weight excluding hydrogens is 348 g/mol. The molecule has 1 N–H and O–H groups in total. The number of thiazole rings is 1. The maximum Gasteiger partial charge on any atom is 0.351 e. The van der Waals surface area contributed by atoms with Crippen LogP contribution >= 0.6 is 22.9 Å². The first-order chi connectivity index (χ1) is 11.4. The van der Waals surface area contributed by atoms with Crippen LogP contribution in [0.2, 0.25) is 5.02 Å². The number of carbonyl (C=O) groups excluding carboxylic acids is 2. The van der Waals surface area contributed by atoms with Gasteiger partial charge in [0.25, 0.3) is 5.91 Å². The van der Waals surface area contributed by atoms with Crippen molar-refractivity contribution >= 4 is 34.8 Å². The van der Waals surface area contributed by atoms with Crippen LogP contribution in [-0.4, -0.2) is 29.5 Å². The van der Waals surface area contributed by atoms with Crippen LogP contribution < -0.4 is 5.32 Å². The van der Waals surface area contributed by atoms with Crippen molar-refractivity contribution in [2.24, 2.45) is 0 Å². The van der Waals surface area contributed by atoms with E-state index >= 15 is 0 Å². The number of ether oxygens (including phenoxy) is 1. The van der Waals surface area contributed by atoms with E-state index in [1.165, 1.54) is 11.3 Å². The summed E-state index contributed by atoms with van der Waals surface area (Å²) >= 11 is 7.21. The number of nitrogens with one attached hydrogen (secondary N) is 1. The van der Waals surface area contributed by atoms with Gasteiger partial charge in [0.15, 0.2) is 6.10 Å². The van der Waals surface area contributed by atoms with E-state index in [4.69, 9.17) is 16.3 Å². The smallest absolute Gasteiger partial charge is 0.351 e. The fourth-order valence-corrected chi connectivity index (χ4v) is 3.13. The second-order valence-corrected chi connectivity index (χ2v) is 6.72. The highest BCUT2D eigenvalue weighted by Crippen LogP contribution is 2.30. The Balaban J connectivity index is 2.12. The average Bonchev–Trinajstić information content (AvgIpc) is 2.94. The zero-order chi connectivity index (χ0) is 17.7. The van der Waals surface area contributed by atoms with E-state index in [1.807, 2.05) is 19.1 Å². The minimum atomic E-state index is -0.847. The molecule has 2 rings (SSSR count). The monoisotopic (exact) mass is 366 g/mol. The molecule has 128 valence electrons. The van der Waals surface area contributed by atoms with E-state index in [-0.39, 0.29) is 5.91 Å². The summed E-state index contributed by atoms with van der Waals surface area (Å²) in [4.78, 5) is 28.9. The van der Waals surface area contributed by atoms with Crippen LogP contribution in [-0.2, 0) is 9.53 Å². The Morgan fingerprint density at radius 2 is 2.17 bits per heavy atom. The van der Waals surface area contributed by atoms with Gasteiger partial charge in [-0.2, -0.15) is 0 Å². The van der Waals surface area contributed by atoms with E-state index in [9.17, 15) is 9.59 Å². The molecule has 0 bridgehead atoms. The molecule has 0 spiro atoms. The summed E-state index contributed by atoms with van der Waals surface area (Å²) in [5.41, 5.74) is 1.41. The Morgan fingerprint density at radius 1 is 1.42 bits per heavy atom. The van der Waals surface area contributed by atoms with Gasteiger partial charge in [0, 0.05) is 17.1 Å². The van der Waals surface area contributed by atoms with Crippen LogP contribution in [0.5, 0.6) is 0 Å². The Labute approximate surface area is 150 Å². The predicted octanol–water partition coefficient (Wildman–Crippen LogP) is 3.84. The number of esters is 1. The molecule has 0 saturated carbocycles. The van der Waals surface area contributed by atoms with Crippen LogP contribution in [0, 0.1) is 6.92 Å². The van der Waals surface area contributed by atoms with E-state index in [1.54, 1.807) is 26.0 Å². The lowest BCUT2D eigenvalue weighted by Crippen LogP contribution is -2.36. The maximum absolute atomic E-state index is 12.3. The topological polar surface area (TPSA) is 68.3 Å². The normalized spacial score (nSPS) is 11.8. The van der Waals surface area contributed by atoms with Gasteiger partial charge in [-0.3, -0.25) is 4.79 Å². The summed E-state index contributed by atoms with van der Waals surface area (Å²) < 4.78 is 5.24. The largest absolute Gasteiger partial charge is 0.448 e. The number of halogens is 1. The highest BCUT2D eigenvalue weighted by atomic mass is 35.5. The molecule has 0 aliphatic rings. The van der Waals surface area contributed by atoms with Crippen molar-refractivity contribution in [1.29, 1.82) is 0 Å². The van der Waals surface area contributed by atoms with Crippen LogP contribution in [0.1, 0.15) is 35.6 Å². The van der Waals surface area contributed by atoms with Gasteiger partial charge in [0.2, 0.25) is 0 Å². The molecule has 0 aliphatic carbocycles. The molecule has 0 radical (unpaired) electrons. The number of aryl methyl sites for hydroxylation is 1. The predicted molar refractivity (Wildman–Crippen MR) is 95.5 cm³/mol. The Hall–Kier alpha value is -1.92. The van der Waals surface area contributed by atoms with Crippen molar-refractivity contribution in [2.75, 3.05) is 6.54 Å². The number of hydrogen-bond acceptors (Lipinski definition) is 5. The Kier molecular flexibility index (Phi) is 6.34. The van der Waals surface area contributed by atoms with Gasteiger partial charge in [0.1, 0.15) is 9.88 Å². The summed E-state index contributed by atoms with van der Waals surface area (Å²) in [6, 6.07) is 7.26. The lowest BCUT2D eigenvalue weighted by Gasteiger charge is -2.12. The third kappa shape index (κ3) is 4.55. The minimum Gasteiger partial charge on any atom is -0.448 e. The third-order valence-electron chi connectivity index (χ3n) is 3.26. The van der Waals surface area contributed by atoms with Gasteiger partial charge in [-0.05, 0) is 32.4 Å². The van der Waals surface area contributed by atoms with Crippen molar-refractivity contribution < 1.29 is 14.3 Å². The summed E-state index contributed by atoms with van der Waals surface area (Å²) in [6.45, 7) is 5.80. The average molecular weight is 367 g/mol. The first-order valence-electron chi connectivity index (χ1n) is 7.64. The lowest BCUT2D eigenvalue weighted by atomic mass is 10.2. The van der Waals surface area contributed by atoms with Crippen LogP contribution in [0.15, 0.2) is 24.3 Å². The summed E-state index contributed by atoms with van der Waals surface area (Å²) in [5.74, 6) is -0.847. The van der Waals surface area contributed by atoms with Gasteiger partial charge in [0.05, 0.1) is 5.69 Å². The zero-order valence-electron chi connectivity index (χ0n) is 13.8. The summed E-state index contributed by atoms with van der Waals surface area (Å²) in [7, 11) is 0. The molecule has 1 aromatic carbocycles. The van der Waals surface area contributed by atoms with Crippen molar-refractivity contribution in [3.05, 3.63) is 39.9 Å². The van der Waals surface area contributed by atoms with Gasteiger partial charge in [-0.25, -0.2) is 9.78 Å². The summed E-state index contributed by atoms with van der Waals surface area (Å²) in [6.07, 6.45) is -0.0243. The number of nitrogens with zero attached hydrogens (tertiary/aromatic N) is 1. The molecule has 24 heavy (non-hydrogen) atoms. The van der Waals surface area contributed by atoms with E-state index in [2.05, 4.69) is 10.3 Å². The quantitative estimate of drug-likeness (QED) is 0.788. The van der Waals surface area contributed by atoms with Crippen molar-refractivity contribution in [2.45, 2.75) is 33.3 Å².